The van der Waals surface area contributed by atoms with Gasteiger partial charge in [0, 0.05) is 11.1 Å². The highest BCUT2D eigenvalue weighted by Gasteiger charge is 2.17. The van der Waals surface area contributed by atoms with E-state index in [0.717, 1.165) is 12.8 Å². The van der Waals surface area contributed by atoms with Crippen molar-refractivity contribution in [2.75, 3.05) is 5.75 Å². The van der Waals surface area contributed by atoms with Crippen LogP contribution >= 0.6 is 23.4 Å². The third-order valence-electron chi connectivity index (χ3n) is 5.61. The van der Waals surface area contributed by atoms with E-state index in [0.29, 0.717) is 26.8 Å². The van der Waals surface area contributed by atoms with E-state index >= 15 is 0 Å². The van der Waals surface area contributed by atoms with Gasteiger partial charge in [-0.25, -0.2) is 4.98 Å². The number of benzene rings is 2. The van der Waals surface area contributed by atoms with Gasteiger partial charge in [0.25, 0.3) is 5.56 Å². The molecule has 0 unspecified atom stereocenters. The summed E-state index contributed by atoms with van der Waals surface area (Å²) in [6, 6.07) is 14.6. The molecule has 1 aromatic heterocycles. The molecule has 1 heterocycles. The Kier molecular flexibility index (Phi) is 7.30. The first-order chi connectivity index (χ1) is 15.1. The Bertz CT molecular complexity index is 1120. The van der Waals surface area contributed by atoms with Crippen molar-refractivity contribution in [3.8, 4) is 5.69 Å². The Morgan fingerprint density at radius 3 is 2.58 bits per heavy atom. The van der Waals surface area contributed by atoms with Crippen molar-refractivity contribution >= 4 is 40.2 Å². The number of hydrogen-bond donors (Lipinski definition) is 1. The maximum atomic E-state index is 13.3. The molecule has 5 nitrogen and oxygen atoms in total. The van der Waals surface area contributed by atoms with Gasteiger partial charge < -0.3 is 5.32 Å². The van der Waals surface area contributed by atoms with Crippen LogP contribution in [-0.2, 0) is 4.79 Å². The van der Waals surface area contributed by atoms with Crippen molar-refractivity contribution in [3.63, 3.8) is 0 Å². The lowest BCUT2D eigenvalue weighted by atomic mass is 9.97. The van der Waals surface area contributed by atoms with Gasteiger partial charge in [-0.3, -0.25) is 14.2 Å². The lowest BCUT2D eigenvalue weighted by molar-refractivity contribution is -0.119. The van der Waals surface area contributed by atoms with Crippen molar-refractivity contribution in [3.05, 3.63) is 63.9 Å². The number of para-hydroxylation sites is 1. The van der Waals surface area contributed by atoms with Crippen LogP contribution in [0.1, 0.15) is 44.9 Å². The summed E-state index contributed by atoms with van der Waals surface area (Å²) in [6.45, 7) is 0. The Morgan fingerprint density at radius 1 is 1.06 bits per heavy atom. The van der Waals surface area contributed by atoms with Crippen molar-refractivity contribution in [2.45, 2.75) is 56.1 Å². The van der Waals surface area contributed by atoms with Crippen LogP contribution in [0.15, 0.2) is 58.5 Å². The van der Waals surface area contributed by atoms with Crippen molar-refractivity contribution in [1.82, 2.24) is 14.9 Å². The van der Waals surface area contributed by atoms with E-state index < -0.39 is 0 Å². The van der Waals surface area contributed by atoms with Gasteiger partial charge in [0.1, 0.15) is 0 Å². The SMILES string of the molecule is O=C(CSc1nc2ccccc2c(=O)n1-c1cccc(Cl)c1)NC1CCCCCCC1. The van der Waals surface area contributed by atoms with Gasteiger partial charge in [0.05, 0.1) is 22.3 Å². The quantitative estimate of drug-likeness (QED) is 0.415. The molecule has 0 bridgehead atoms. The fraction of sp³-hybridized carbons (Fsp3) is 0.375. The topological polar surface area (TPSA) is 64.0 Å². The number of carbonyl (C=O) groups is 1. The molecule has 1 fully saturated rings. The second-order valence-electron chi connectivity index (χ2n) is 7.93. The predicted octanol–water partition coefficient (Wildman–Crippen LogP) is 5.36. The van der Waals surface area contributed by atoms with Crippen LogP contribution in [0, 0.1) is 0 Å². The molecule has 1 N–H and O–H groups in total. The maximum absolute atomic E-state index is 13.3. The van der Waals surface area contributed by atoms with Crippen molar-refractivity contribution in [2.24, 2.45) is 0 Å². The molecule has 1 amide bonds. The van der Waals surface area contributed by atoms with Crippen LogP contribution in [0.5, 0.6) is 0 Å². The second-order valence-corrected chi connectivity index (χ2v) is 9.31. The largest absolute Gasteiger partial charge is 0.353 e. The molecule has 2 aromatic carbocycles. The number of nitrogens with zero attached hydrogens (tertiary/aromatic N) is 2. The Labute approximate surface area is 191 Å². The minimum absolute atomic E-state index is 0.0179. The molecule has 0 atom stereocenters. The number of nitrogens with one attached hydrogen (secondary N) is 1. The lowest BCUT2D eigenvalue weighted by Crippen LogP contribution is -2.36. The zero-order chi connectivity index (χ0) is 21.6. The second kappa shape index (κ2) is 10.3. The molecule has 4 rings (SSSR count). The molecular formula is C24H26ClN3O2S. The van der Waals surface area contributed by atoms with Gasteiger partial charge in [-0.1, -0.05) is 73.7 Å². The number of fused-ring (bicyclic) bond motifs is 1. The van der Waals surface area contributed by atoms with Gasteiger partial charge in [-0.05, 0) is 43.2 Å². The summed E-state index contributed by atoms with van der Waals surface area (Å²) in [5.74, 6) is 0.192. The standard InChI is InChI=1S/C24H26ClN3O2S/c25-17-9-8-12-19(15-17)28-23(30)20-13-6-7-14-21(20)27-24(28)31-16-22(29)26-18-10-4-2-1-3-5-11-18/h6-9,12-15,18H,1-5,10-11,16H2,(H,26,29). The molecule has 0 spiro atoms. The molecule has 1 aliphatic carbocycles. The number of halogens is 1. The molecule has 7 heteroatoms. The van der Waals surface area contributed by atoms with E-state index in [1.807, 2.05) is 24.3 Å². The molecule has 31 heavy (non-hydrogen) atoms. The molecule has 1 aliphatic rings. The highest BCUT2D eigenvalue weighted by molar-refractivity contribution is 7.99. The average Bonchev–Trinajstić information content (AvgIpc) is 2.74. The summed E-state index contributed by atoms with van der Waals surface area (Å²) in [4.78, 5) is 30.6. The molecular weight excluding hydrogens is 430 g/mol. The lowest BCUT2D eigenvalue weighted by Gasteiger charge is -2.21. The predicted molar refractivity (Wildman–Crippen MR) is 127 cm³/mol. The third-order valence-corrected chi connectivity index (χ3v) is 6.79. The molecule has 162 valence electrons. The third kappa shape index (κ3) is 5.49. The van der Waals surface area contributed by atoms with Gasteiger partial charge in [0.2, 0.25) is 5.91 Å². The van der Waals surface area contributed by atoms with E-state index in [1.54, 1.807) is 28.8 Å². The summed E-state index contributed by atoms with van der Waals surface area (Å²) in [7, 11) is 0. The minimum atomic E-state index is -0.171. The molecule has 0 saturated heterocycles. The summed E-state index contributed by atoms with van der Waals surface area (Å²) in [6.07, 6.45) is 8.19. The van der Waals surface area contributed by atoms with Crippen LogP contribution in [-0.4, -0.2) is 27.3 Å². The van der Waals surface area contributed by atoms with Crippen LogP contribution in [0.2, 0.25) is 5.02 Å². The Hall–Kier alpha value is -2.31. The summed E-state index contributed by atoms with van der Waals surface area (Å²) >= 11 is 7.45. The summed E-state index contributed by atoms with van der Waals surface area (Å²) < 4.78 is 1.54. The van der Waals surface area contributed by atoms with Crippen molar-refractivity contribution < 1.29 is 4.79 Å². The van der Waals surface area contributed by atoms with E-state index in [-0.39, 0.29) is 23.3 Å². The summed E-state index contributed by atoms with van der Waals surface area (Å²) in [5, 5.41) is 4.74. The van der Waals surface area contributed by atoms with Gasteiger partial charge in [-0.2, -0.15) is 0 Å². The van der Waals surface area contributed by atoms with E-state index in [4.69, 9.17) is 16.6 Å². The number of carbonyl (C=O) groups excluding carboxylic acids is 1. The smallest absolute Gasteiger partial charge is 0.266 e. The van der Waals surface area contributed by atoms with Crippen molar-refractivity contribution in [1.29, 1.82) is 0 Å². The van der Waals surface area contributed by atoms with Gasteiger partial charge >= 0.3 is 0 Å². The summed E-state index contributed by atoms with van der Waals surface area (Å²) in [5.41, 5.74) is 1.09. The minimum Gasteiger partial charge on any atom is -0.353 e. The van der Waals surface area contributed by atoms with E-state index in [9.17, 15) is 9.59 Å². The van der Waals surface area contributed by atoms with Crippen LogP contribution < -0.4 is 10.9 Å². The number of aromatic nitrogens is 2. The van der Waals surface area contributed by atoms with Crippen LogP contribution in [0.25, 0.3) is 16.6 Å². The average molecular weight is 456 g/mol. The molecule has 1 saturated carbocycles. The van der Waals surface area contributed by atoms with E-state index in [2.05, 4.69) is 5.32 Å². The monoisotopic (exact) mass is 455 g/mol. The fourth-order valence-electron chi connectivity index (χ4n) is 4.05. The fourth-order valence-corrected chi connectivity index (χ4v) is 5.06. The zero-order valence-corrected chi connectivity index (χ0v) is 18.9. The van der Waals surface area contributed by atoms with Gasteiger partial charge in [-0.15, -0.1) is 0 Å². The first kappa shape index (κ1) is 21.9. The number of rotatable bonds is 5. The highest BCUT2D eigenvalue weighted by atomic mass is 35.5. The number of hydrogen-bond acceptors (Lipinski definition) is 4. The normalized spacial score (nSPS) is 15.4. The zero-order valence-electron chi connectivity index (χ0n) is 17.4. The Balaban J connectivity index is 1.58. The molecule has 3 aromatic rings. The van der Waals surface area contributed by atoms with Crippen LogP contribution in [0.4, 0.5) is 0 Å². The van der Waals surface area contributed by atoms with E-state index in [1.165, 1.54) is 43.9 Å². The first-order valence-electron chi connectivity index (χ1n) is 10.8. The highest BCUT2D eigenvalue weighted by Crippen LogP contribution is 2.23. The van der Waals surface area contributed by atoms with Gasteiger partial charge in [0.15, 0.2) is 5.16 Å². The number of amides is 1. The number of thioether (sulfide) groups is 1. The van der Waals surface area contributed by atoms with Crippen LogP contribution in [0.3, 0.4) is 0 Å². The molecule has 0 radical (unpaired) electrons. The Morgan fingerprint density at radius 2 is 1.81 bits per heavy atom. The maximum Gasteiger partial charge on any atom is 0.266 e. The molecule has 0 aliphatic heterocycles. The first-order valence-corrected chi connectivity index (χ1v) is 12.2.